The third-order valence-electron chi connectivity index (χ3n) is 2.65. The molecule has 3 heterocycles. The zero-order chi connectivity index (χ0) is 14.1. The summed E-state index contributed by atoms with van der Waals surface area (Å²) in [4.78, 5) is 14.1. The van der Waals surface area contributed by atoms with Gasteiger partial charge in [0.15, 0.2) is 5.82 Å². The Bertz CT molecular complexity index is 730. The largest absolute Gasteiger partial charge is 0.333 e. The van der Waals surface area contributed by atoms with E-state index in [0.29, 0.717) is 24.7 Å². The average molecular weight is 307 g/mol. The molecule has 0 saturated heterocycles. The zero-order valence-electron chi connectivity index (χ0n) is 11.1. The number of nitrogens with zero attached hydrogens (tertiary/aromatic N) is 4. The highest BCUT2D eigenvalue weighted by Crippen LogP contribution is 2.28. The highest BCUT2D eigenvalue weighted by Gasteiger charge is 2.16. The van der Waals surface area contributed by atoms with Gasteiger partial charge in [0.2, 0.25) is 0 Å². The fraction of sp³-hybridized carbons (Fsp3) is 0.333. The molecule has 0 unspecified atom stereocenters. The smallest absolute Gasteiger partial charge is 0.269 e. The fourth-order valence-electron chi connectivity index (χ4n) is 1.78. The molecule has 6 nitrogen and oxygen atoms in total. The van der Waals surface area contributed by atoms with Crippen molar-refractivity contribution >= 4 is 22.7 Å². The van der Waals surface area contributed by atoms with E-state index in [-0.39, 0.29) is 0 Å². The van der Waals surface area contributed by atoms with Crippen LogP contribution in [-0.4, -0.2) is 20.1 Å². The Labute approximate surface area is 123 Å². The molecule has 0 bridgehead atoms. The van der Waals surface area contributed by atoms with Crippen molar-refractivity contribution in [1.82, 2.24) is 20.1 Å². The molecule has 0 aliphatic carbocycles. The van der Waals surface area contributed by atoms with Crippen molar-refractivity contribution in [1.29, 1.82) is 0 Å². The van der Waals surface area contributed by atoms with Gasteiger partial charge in [-0.2, -0.15) is 4.98 Å². The summed E-state index contributed by atoms with van der Waals surface area (Å²) in [6, 6.07) is 0. The number of hydrogen-bond acceptors (Lipinski definition) is 8. The Morgan fingerprint density at radius 2 is 2.05 bits per heavy atom. The molecule has 8 heteroatoms. The van der Waals surface area contributed by atoms with Gasteiger partial charge < -0.3 is 10.3 Å². The molecule has 20 heavy (non-hydrogen) atoms. The summed E-state index contributed by atoms with van der Waals surface area (Å²) in [7, 11) is 0. The van der Waals surface area contributed by atoms with Crippen molar-refractivity contribution < 1.29 is 4.52 Å². The summed E-state index contributed by atoms with van der Waals surface area (Å²) < 4.78 is 5.31. The lowest BCUT2D eigenvalue weighted by Gasteiger charge is -1.88. The van der Waals surface area contributed by atoms with Crippen LogP contribution in [0.1, 0.15) is 27.2 Å². The van der Waals surface area contributed by atoms with E-state index < -0.39 is 0 Å². The predicted molar refractivity (Wildman–Crippen MR) is 77.7 cm³/mol. The van der Waals surface area contributed by atoms with E-state index in [1.165, 1.54) is 11.3 Å². The molecule has 3 aromatic heterocycles. The van der Waals surface area contributed by atoms with E-state index in [9.17, 15) is 0 Å². The van der Waals surface area contributed by atoms with Crippen molar-refractivity contribution in [2.24, 2.45) is 5.73 Å². The van der Waals surface area contributed by atoms with E-state index in [1.54, 1.807) is 11.3 Å². The molecule has 0 saturated carbocycles. The molecular formula is C12H13N5OS2. The molecule has 2 N–H and O–H groups in total. The van der Waals surface area contributed by atoms with Crippen LogP contribution in [0.4, 0.5) is 0 Å². The van der Waals surface area contributed by atoms with Crippen molar-refractivity contribution in [3.8, 4) is 10.8 Å². The maximum absolute atomic E-state index is 5.59. The molecule has 0 atom stereocenters. The molecule has 0 aliphatic heterocycles. The quantitative estimate of drug-likeness (QED) is 0.795. The second kappa shape index (κ2) is 5.39. The van der Waals surface area contributed by atoms with Gasteiger partial charge in [0, 0.05) is 17.6 Å². The molecule has 0 aromatic carbocycles. The van der Waals surface area contributed by atoms with Gasteiger partial charge in [-0.3, -0.25) is 0 Å². The van der Waals surface area contributed by atoms with Crippen LogP contribution in [0.2, 0.25) is 0 Å². The minimum atomic E-state index is 0.422. The van der Waals surface area contributed by atoms with Gasteiger partial charge in [0.05, 0.1) is 12.1 Å². The lowest BCUT2D eigenvalue weighted by molar-refractivity contribution is 0.424. The first-order valence-electron chi connectivity index (χ1n) is 6.06. The Hall–Kier alpha value is -1.64. The van der Waals surface area contributed by atoms with Gasteiger partial charge in [-0.15, -0.1) is 22.7 Å². The summed E-state index contributed by atoms with van der Waals surface area (Å²) in [5.74, 6) is 1.14. The number of aryl methyl sites for hydroxylation is 2. The van der Waals surface area contributed by atoms with Gasteiger partial charge >= 0.3 is 0 Å². The first-order valence-corrected chi connectivity index (χ1v) is 7.75. The van der Waals surface area contributed by atoms with E-state index in [0.717, 1.165) is 26.3 Å². The second-order valence-corrected chi connectivity index (χ2v) is 6.33. The number of aromatic nitrogens is 4. The van der Waals surface area contributed by atoms with Crippen molar-refractivity contribution in [3.05, 3.63) is 32.6 Å². The van der Waals surface area contributed by atoms with Crippen LogP contribution in [0.5, 0.6) is 0 Å². The van der Waals surface area contributed by atoms with Crippen molar-refractivity contribution in [2.45, 2.75) is 26.8 Å². The maximum Gasteiger partial charge on any atom is 0.269 e. The van der Waals surface area contributed by atoms with Crippen molar-refractivity contribution in [2.75, 3.05) is 0 Å². The summed E-state index contributed by atoms with van der Waals surface area (Å²) >= 11 is 3.09. The number of thiazole rings is 2. The maximum atomic E-state index is 5.59. The van der Waals surface area contributed by atoms with E-state index >= 15 is 0 Å². The lowest BCUT2D eigenvalue weighted by Crippen LogP contribution is -1.94. The first kappa shape index (κ1) is 13.3. The molecular weight excluding hydrogens is 294 g/mol. The van der Waals surface area contributed by atoms with Crippen molar-refractivity contribution in [3.63, 3.8) is 0 Å². The van der Waals surface area contributed by atoms with Gasteiger partial charge in [-0.25, -0.2) is 9.97 Å². The Morgan fingerprint density at radius 1 is 1.20 bits per heavy atom. The Kier molecular flexibility index (Phi) is 3.60. The third kappa shape index (κ3) is 2.62. The van der Waals surface area contributed by atoms with Crippen LogP contribution >= 0.6 is 22.7 Å². The highest BCUT2D eigenvalue weighted by molar-refractivity contribution is 7.15. The standard InChI is InChI=1S/C12H13N5OS2/c1-6-5-19-9(14-6)3-8-16-12(18-17-8)11-7(2)15-10(4-13)20-11/h5H,3-4,13H2,1-2H3. The normalized spacial score (nSPS) is 11.2. The minimum Gasteiger partial charge on any atom is -0.333 e. The van der Waals surface area contributed by atoms with Crippen LogP contribution in [0, 0.1) is 13.8 Å². The van der Waals surface area contributed by atoms with Crippen LogP contribution in [0.25, 0.3) is 10.8 Å². The summed E-state index contributed by atoms with van der Waals surface area (Å²) in [6.07, 6.45) is 0.587. The van der Waals surface area contributed by atoms with Crippen LogP contribution in [0.15, 0.2) is 9.90 Å². The SMILES string of the molecule is Cc1csc(Cc2noc(-c3sc(CN)nc3C)n2)n1. The average Bonchev–Trinajstić information content (AvgIpc) is 3.11. The van der Waals surface area contributed by atoms with E-state index in [2.05, 4.69) is 20.1 Å². The van der Waals surface area contributed by atoms with Crippen LogP contribution in [0.3, 0.4) is 0 Å². The fourth-order valence-corrected chi connectivity index (χ4v) is 3.41. The molecule has 0 amide bonds. The molecule has 0 fully saturated rings. The molecule has 0 spiro atoms. The highest BCUT2D eigenvalue weighted by atomic mass is 32.1. The third-order valence-corrected chi connectivity index (χ3v) is 4.79. The first-order chi connectivity index (χ1) is 9.65. The topological polar surface area (TPSA) is 90.7 Å². The number of hydrogen-bond donors (Lipinski definition) is 1. The summed E-state index contributed by atoms with van der Waals surface area (Å²) in [5, 5.41) is 7.87. The van der Waals surface area contributed by atoms with Crippen LogP contribution < -0.4 is 5.73 Å². The van der Waals surface area contributed by atoms with E-state index in [1.807, 2.05) is 19.2 Å². The second-order valence-electron chi connectivity index (χ2n) is 4.30. The molecule has 0 radical (unpaired) electrons. The van der Waals surface area contributed by atoms with E-state index in [4.69, 9.17) is 10.3 Å². The number of nitrogens with two attached hydrogens (primary N) is 1. The summed E-state index contributed by atoms with van der Waals surface area (Å²) in [6.45, 7) is 4.31. The lowest BCUT2D eigenvalue weighted by atomic mass is 10.4. The molecule has 104 valence electrons. The predicted octanol–water partition coefficient (Wildman–Crippen LogP) is 2.32. The number of rotatable bonds is 4. The molecule has 3 aromatic rings. The van der Waals surface area contributed by atoms with Gasteiger partial charge in [-0.1, -0.05) is 5.16 Å². The monoisotopic (exact) mass is 307 g/mol. The zero-order valence-corrected chi connectivity index (χ0v) is 12.7. The molecule has 0 aliphatic rings. The Balaban J connectivity index is 1.84. The van der Waals surface area contributed by atoms with Crippen LogP contribution in [-0.2, 0) is 13.0 Å². The minimum absolute atomic E-state index is 0.422. The van der Waals surface area contributed by atoms with Gasteiger partial charge in [0.25, 0.3) is 5.89 Å². The van der Waals surface area contributed by atoms with Gasteiger partial charge in [-0.05, 0) is 13.8 Å². The Morgan fingerprint density at radius 3 is 2.70 bits per heavy atom. The van der Waals surface area contributed by atoms with Gasteiger partial charge in [0.1, 0.15) is 14.9 Å². The molecule has 3 rings (SSSR count). The summed E-state index contributed by atoms with van der Waals surface area (Å²) in [5.41, 5.74) is 7.48.